The van der Waals surface area contributed by atoms with Crippen molar-refractivity contribution in [2.45, 2.75) is 6.42 Å². The number of carbonyl (C=O) groups is 1. The number of halogens is 1. The van der Waals surface area contributed by atoms with Gasteiger partial charge in [-0.1, -0.05) is 11.6 Å². The van der Waals surface area contributed by atoms with Crippen molar-refractivity contribution in [2.24, 2.45) is 0 Å². The van der Waals surface area contributed by atoms with Gasteiger partial charge in [0.1, 0.15) is 5.69 Å². The van der Waals surface area contributed by atoms with Gasteiger partial charge in [0, 0.05) is 22.1 Å². The fraction of sp³-hybridized carbons (Fsp3) is 0.0667. The van der Waals surface area contributed by atoms with Crippen LogP contribution >= 0.6 is 11.6 Å². The van der Waals surface area contributed by atoms with Crippen molar-refractivity contribution in [2.75, 3.05) is 5.32 Å². The summed E-state index contributed by atoms with van der Waals surface area (Å²) >= 11 is 6.07. The van der Waals surface area contributed by atoms with Crippen LogP contribution in [0.4, 0.5) is 5.69 Å². The summed E-state index contributed by atoms with van der Waals surface area (Å²) in [5, 5.41) is 4.51. The van der Waals surface area contributed by atoms with Crippen molar-refractivity contribution in [1.82, 2.24) is 9.97 Å². The summed E-state index contributed by atoms with van der Waals surface area (Å²) in [6.45, 7) is 0. The predicted octanol–water partition coefficient (Wildman–Crippen LogP) is 3.38. The Bertz CT molecular complexity index is 853. The second-order valence-electron chi connectivity index (χ2n) is 4.79. The van der Waals surface area contributed by atoms with Crippen molar-refractivity contribution < 1.29 is 4.79 Å². The number of amides is 1. The average Bonchev–Trinajstić information content (AvgIpc) is 2.70. The first-order chi connectivity index (χ1) is 9.72. The first-order valence-corrected chi connectivity index (χ1v) is 6.65. The molecule has 0 atom stereocenters. The summed E-state index contributed by atoms with van der Waals surface area (Å²) < 4.78 is 0. The number of hydrogen-bond donors (Lipinski definition) is 2. The van der Waals surface area contributed by atoms with Crippen molar-refractivity contribution >= 4 is 34.1 Å². The monoisotopic (exact) mass is 283 g/mol. The number of hydrogen-bond acceptors (Lipinski definition) is 2. The molecule has 0 saturated heterocycles. The van der Waals surface area contributed by atoms with Gasteiger partial charge in [-0.15, -0.1) is 0 Å². The number of nitrogens with zero attached hydrogens (tertiary/aromatic N) is 1. The van der Waals surface area contributed by atoms with Crippen LogP contribution in [0, 0.1) is 0 Å². The summed E-state index contributed by atoms with van der Waals surface area (Å²) in [5.41, 5.74) is 4.29. The highest BCUT2D eigenvalue weighted by atomic mass is 35.5. The molecule has 0 aliphatic carbocycles. The van der Waals surface area contributed by atoms with Gasteiger partial charge in [-0.05, 0) is 35.9 Å². The number of pyridine rings is 1. The first kappa shape index (κ1) is 11.5. The van der Waals surface area contributed by atoms with E-state index in [0.29, 0.717) is 11.4 Å². The Balaban J connectivity index is 2.10. The molecule has 1 amide bonds. The molecule has 0 unspecified atom stereocenters. The molecule has 5 heteroatoms. The van der Waals surface area contributed by atoms with Gasteiger partial charge in [-0.3, -0.25) is 9.78 Å². The van der Waals surface area contributed by atoms with Crippen LogP contribution in [0.5, 0.6) is 0 Å². The van der Waals surface area contributed by atoms with Gasteiger partial charge in [0.2, 0.25) is 5.91 Å². The molecular formula is C15H10ClN3O. The van der Waals surface area contributed by atoms with Crippen LogP contribution < -0.4 is 5.32 Å². The molecule has 3 aromatic rings. The summed E-state index contributed by atoms with van der Waals surface area (Å²) in [6.07, 6.45) is 2.03. The van der Waals surface area contributed by atoms with Crippen LogP contribution in [0.2, 0.25) is 5.02 Å². The van der Waals surface area contributed by atoms with Gasteiger partial charge >= 0.3 is 0 Å². The van der Waals surface area contributed by atoms with Gasteiger partial charge in [-0.25, -0.2) is 0 Å². The zero-order valence-corrected chi connectivity index (χ0v) is 11.2. The highest BCUT2D eigenvalue weighted by Gasteiger charge is 2.23. The van der Waals surface area contributed by atoms with Crippen LogP contribution in [-0.4, -0.2) is 15.9 Å². The van der Waals surface area contributed by atoms with Crippen molar-refractivity contribution in [3.63, 3.8) is 0 Å². The van der Waals surface area contributed by atoms with Crippen molar-refractivity contribution in [3.8, 4) is 11.4 Å². The van der Waals surface area contributed by atoms with E-state index in [4.69, 9.17) is 11.6 Å². The number of nitrogens with one attached hydrogen (secondary N) is 2. The topological polar surface area (TPSA) is 57.8 Å². The average molecular weight is 284 g/mol. The second-order valence-corrected chi connectivity index (χ2v) is 5.23. The van der Waals surface area contributed by atoms with E-state index in [9.17, 15) is 4.79 Å². The smallest absolute Gasteiger partial charge is 0.228 e. The minimum Gasteiger partial charge on any atom is -0.353 e. The lowest BCUT2D eigenvalue weighted by molar-refractivity contribution is -0.115. The quantitative estimate of drug-likeness (QED) is 0.664. The molecule has 0 radical (unpaired) electrons. The van der Waals surface area contributed by atoms with E-state index >= 15 is 0 Å². The zero-order chi connectivity index (χ0) is 13.7. The maximum absolute atomic E-state index is 12.0. The van der Waals surface area contributed by atoms with E-state index in [-0.39, 0.29) is 5.91 Å². The number of H-pyrrole nitrogens is 1. The minimum absolute atomic E-state index is 0.0427. The third kappa shape index (κ3) is 1.62. The number of aromatic amines is 1. The van der Waals surface area contributed by atoms with Crippen LogP contribution in [-0.2, 0) is 11.2 Å². The number of aromatic nitrogens is 2. The maximum atomic E-state index is 12.0. The summed E-state index contributed by atoms with van der Waals surface area (Å²) in [5.74, 6) is -0.0427. The molecule has 1 aliphatic rings. The van der Waals surface area contributed by atoms with E-state index in [0.717, 1.165) is 33.5 Å². The number of rotatable bonds is 0. The van der Waals surface area contributed by atoms with E-state index in [1.807, 2.05) is 30.3 Å². The Labute approximate surface area is 119 Å². The Morgan fingerprint density at radius 3 is 3.05 bits per heavy atom. The molecule has 4 nitrogen and oxygen atoms in total. The molecule has 2 N–H and O–H groups in total. The molecule has 0 spiro atoms. The summed E-state index contributed by atoms with van der Waals surface area (Å²) in [7, 11) is 0. The minimum atomic E-state index is -0.0427. The zero-order valence-electron chi connectivity index (χ0n) is 10.4. The highest BCUT2D eigenvalue weighted by Crippen LogP contribution is 2.36. The Morgan fingerprint density at radius 1 is 1.25 bits per heavy atom. The van der Waals surface area contributed by atoms with Crippen molar-refractivity contribution in [1.29, 1.82) is 0 Å². The molecule has 0 fully saturated rings. The lowest BCUT2D eigenvalue weighted by atomic mass is 10.1. The largest absolute Gasteiger partial charge is 0.353 e. The Hall–Kier alpha value is -2.33. The second kappa shape index (κ2) is 4.08. The van der Waals surface area contributed by atoms with Gasteiger partial charge in [-0.2, -0.15) is 0 Å². The van der Waals surface area contributed by atoms with E-state index < -0.39 is 0 Å². The standard InChI is InChI=1S/C15H10ClN3O/c16-8-3-4-11-9(6-8)10-7-13(20)18-12-2-1-5-17-15(12)14(10)19-11/h1-6,19H,7H2,(H,18,20). The molecule has 20 heavy (non-hydrogen) atoms. The van der Waals surface area contributed by atoms with Gasteiger partial charge in [0.05, 0.1) is 17.8 Å². The fourth-order valence-corrected chi connectivity index (χ4v) is 2.84. The van der Waals surface area contributed by atoms with E-state index in [1.165, 1.54) is 0 Å². The number of carbonyl (C=O) groups excluding carboxylic acids is 1. The lowest BCUT2D eigenvalue weighted by Crippen LogP contribution is -2.12. The van der Waals surface area contributed by atoms with Gasteiger partial charge < -0.3 is 10.3 Å². The molecule has 98 valence electrons. The Morgan fingerprint density at radius 2 is 2.15 bits per heavy atom. The highest BCUT2D eigenvalue weighted by molar-refractivity contribution is 6.31. The van der Waals surface area contributed by atoms with E-state index in [1.54, 1.807) is 6.20 Å². The molecule has 0 bridgehead atoms. The predicted molar refractivity (Wildman–Crippen MR) is 78.9 cm³/mol. The van der Waals surface area contributed by atoms with Crippen LogP contribution in [0.1, 0.15) is 5.56 Å². The molecule has 2 aromatic heterocycles. The number of fused-ring (bicyclic) bond motifs is 5. The molecule has 4 rings (SSSR count). The number of benzene rings is 1. The fourth-order valence-electron chi connectivity index (χ4n) is 2.67. The normalized spacial score (nSPS) is 13.6. The molecule has 0 saturated carbocycles. The molecular weight excluding hydrogens is 274 g/mol. The lowest BCUT2D eigenvalue weighted by Gasteiger charge is -2.04. The molecule has 3 heterocycles. The third-order valence-electron chi connectivity index (χ3n) is 3.52. The van der Waals surface area contributed by atoms with Crippen LogP contribution in [0.25, 0.3) is 22.3 Å². The maximum Gasteiger partial charge on any atom is 0.228 e. The van der Waals surface area contributed by atoms with Crippen LogP contribution in [0.15, 0.2) is 36.5 Å². The third-order valence-corrected chi connectivity index (χ3v) is 3.76. The summed E-state index contributed by atoms with van der Waals surface area (Å²) in [6, 6.07) is 9.30. The number of anilines is 1. The first-order valence-electron chi connectivity index (χ1n) is 6.28. The molecule has 1 aromatic carbocycles. The van der Waals surface area contributed by atoms with E-state index in [2.05, 4.69) is 15.3 Å². The Kier molecular flexibility index (Phi) is 2.35. The SMILES string of the molecule is O=C1Cc2c([nH]c3ccc(Cl)cc23)-c2ncccc2N1. The van der Waals surface area contributed by atoms with Gasteiger partial charge in [0.15, 0.2) is 0 Å². The van der Waals surface area contributed by atoms with Crippen molar-refractivity contribution in [3.05, 3.63) is 47.1 Å². The molecule has 1 aliphatic heterocycles. The van der Waals surface area contributed by atoms with Crippen LogP contribution in [0.3, 0.4) is 0 Å². The van der Waals surface area contributed by atoms with Gasteiger partial charge in [0.25, 0.3) is 0 Å². The summed E-state index contributed by atoms with van der Waals surface area (Å²) in [4.78, 5) is 19.8.